The lowest BCUT2D eigenvalue weighted by molar-refractivity contribution is -0.138. The first-order valence-electron chi connectivity index (χ1n) is 9.36. The van der Waals surface area contributed by atoms with Gasteiger partial charge in [0.2, 0.25) is 0 Å². The monoisotopic (exact) mass is 461 g/mol. The molecule has 29 heavy (non-hydrogen) atoms. The van der Waals surface area contributed by atoms with E-state index < -0.39 is 11.9 Å². The summed E-state index contributed by atoms with van der Waals surface area (Å²) in [6.07, 6.45) is 3.51. The second-order valence-electron chi connectivity index (χ2n) is 6.88. The molecular weight excluding hydrogens is 438 g/mol. The molecule has 0 saturated carbocycles. The Morgan fingerprint density at radius 2 is 1.97 bits per heavy atom. The fourth-order valence-corrected chi connectivity index (χ4v) is 4.42. The summed E-state index contributed by atoms with van der Waals surface area (Å²) in [6, 6.07) is 3.59. The number of allylic oxidation sites excluding steroid dienone is 3. The van der Waals surface area contributed by atoms with Gasteiger partial charge in [0.05, 0.1) is 19.8 Å². The van der Waals surface area contributed by atoms with Gasteiger partial charge >= 0.3 is 5.97 Å². The molecule has 0 aromatic heterocycles. The number of dihydropyridines is 1. The van der Waals surface area contributed by atoms with Crippen LogP contribution in [0.1, 0.15) is 37.7 Å². The van der Waals surface area contributed by atoms with Gasteiger partial charge in [-0.05, 0) is 37.5 Å². The normalized spacial score (nSPS) is 18.8. The number of halogens is 1. The Hall–Kier alpha value is -2.54. The largest absolute Gasteiger partial charge is 0.493 e. The molecule has 3 rings (SSSR count). The van der Waals surface area contributed by atoms with E-state index in [9.17, 15) is 9.59 Å². The van der Waals surface area contributed by atoms with Crippen molar-refractivity contribution in [1.82, 2.24) is 5.32 Å². The minimum atomic E-state index is -0.564. The van der Waals surface area contributed by atoms with E-state index in [2.05, 4.69) is 27.8 Å². The van der Waals surface area contributed by atoms with Gasteiger partial charge in [0.25, 0.3) is 0 Å². The van der Waals surface area contributed by atoms with Crippen LogP contribution in [0.4, 0.5) is 0 Å². The molecule has 1 aromatic rings. The zero-order chi connectivity index (χ0) is 21.1. The molecule has 2 aliphatic rings. The highest BCUT2D eigenvalue weighted by Crippen LogP contribution is 2.47. The van der Waals surface area contributed by atoms with Gasteiger partial charge in [-0.1, -0.05) is 28.6 Å². The Balaban J connectivity index is 2.22. The van der Waals surface area contributed by atoms with Crippen molar-refractivity contribution in [2.24, 2.45) is 0 Å². The average molecular weight is 462 g/mol. The second kappa shape index (κ2) is 8.86. The Morgan fingerprint density at radius 1 is 1.28 bits per heavy atom. The van der Waals surface area contributed by atoms with Crippen LogP contribution >= 0.6 is 15.9 Å². The van der Waals surface area contributed by atoms with E-state index in [1.54, 1.807) is 26.4 Å². The summed E-state index contributed by atoms with van der Waals surface area (Å²) in [7, 11) is 3.11. The van der Waals surface area contributed by atoms with E-state index in [1.165, 1.54) is 6.08 Å². The van der Waals surface area contributed by atoms with Crippen molar-refractivity contribution in [3.63, 3.8) is 0 Å². The van der Waals surface area contributed by atoms with Gasteiger partial charge in [-0.3, -0.25) is 4.79 Å². The summed E-state index contributed by atoms with van der Waals surface area (Å²) in [5.74, 6) is 0.0628. The van der Waals surface area contributed by atoms with Crippen molar-refractivity contribution < 1.29 is 23.8 Å². The number of benzene rings is 1. The number of Topliss-reactive ketones (excluding diaryl/α,β-unsaturated/α-hetero) is 1. The molecule has 7 heteroatoms. The van der Waals surface area contributed by atoms with Crippen LogP contribution in [0.5, 0.6) is 11.5 Å². The SMILES string of the molecule is C=CCOC(=O)C1=C(C)NC2=C(C(=O)CCC2)[C@H]1c1cc(OC)c(OC)cc1Br. The number of ether oxygens (including phenoxy) is 3. The van der Waals surface area contributed by atoms with E-state index in [0.717, 1.165) is 24.1 Å². The molecule has 6 nitrogen and oxygen atoms in total. The van der Waals surface area contributed by atoms with Gasteiger partial charge in [-0.15, -0.1) is 0 Å². The molecular formula is C22H24BrNO5. The van der Waals surface area contributed by atoms with Crippen LogP contribution in [0.15, 0.2) is 51.8 Å². The molecule has 0 fully saturated rings. The van der Waals surface area contributed by atoms with Gasteiger partial charge in [-0.2, -0.15) is 0 Å². The number of carbonyl (C=O) groups is 2. The molecule has 1 heterocycles. The number of esters is 1. The quantitative estimate of drug-likeness (QED) is 0.506. The van der Waals surface area contributed by atoms with Crippen molar-refractivity contribution in [3.8, 4) is 11.5 Å². The van der Waals surface area contributed by atoms with Crippen LogP contribution in [0.25, 0.3) is 0 Å². The Bertz CT molecular complexity index is 931. The summed E-state index contributed by atoms with van der Waals surface area (Å²) in [5.41, 5.74) is 3.32. The Kier molecular flexibility index (Phi) is 6.47. The van der Waals surface area contributed by atoms with Gasteiger partial charge < -0.3 is 19.5 Å². The lowest BCUT2D eigenvalue weighted by atomic mass is 9.75. The first kappa shape index (κ1) is 21.2. The number of hydrogen-bond acceptors (Lipinski definition) is 6. The maximum atomic E-state index is 12.9. The zero-order valence-corrected chi connectivity index (χ0v) is 18.4. The Labute approximate surface area is 178 Å². The van der Waals surface area contributed by atoms with Crippen molar-refractivity contribution in [3.05, 3.63) is 57.4 Å². The maximum absolute atomic E-state index is 12.9. The van der Waals surface area contributed by atoms with Crippen LogP contribution in [0.2, 0.25) is 0 Å². The minimum Gasteiger partial charge on any atom is -0.493 e. The molecule has 0 amide bonds. The number of hydrogen-bond donors (Lipinski definition) is 1. The highest BCUT2D eigenvalue weighted by atomic mass is 79.9. The molecule has 0 unspecified atom stereocenters. The number of nitrogens with one attached hydrogen (secondary N) is 1. The number of carbonyl (C=O) groups excluding carboxylic acids is 2. The first-order chi connectivity index (χ1) is 13.9. The van der Waals surface area contributed by atoms with Crippen molar-refractivity contribution in [1.29, 1.82) is 0 Å². The third-order valence-electron chi connectivity index (χ3n) is 5.14. The second-order valence-corrected chi connectivity index (χ2v) is 7.74. The maximum Gasteiger partial charge on any atom is 0.337 e. The van der Waals surface area contributed by atoms with Crippen LogP contribution in [0.3, 0.4) is 0 Å². The number of ketones is 1. The van der Waals surface area contributed by atoms with Crippen molar-refractivity contribution in [2.75, 3.05) is 20.8 Å². The molecule has 1 aliphatic carbocycles. The summed E-state index contributed by atoms with van der Waals surface area (Å²) >= 11 is 3.59. The minimum absolute atomic E-state index is 0.0342. The third kappa shape index (κ3) is 3.96. The van der Waals surface area contributed by atoms with E-state index >= 15 is 0 Å². The summed E-state index contributed by atoms with van der Waals surface area (Å²) in [5, 5.41) is 3.27. The summed E-state index contributed by atoms with van der Waals surface area (Å²) in [4.78, 5) is 25.9. The lowest BCUT2D eigenvalue weighted by Crippen LogP contribution is -2.34. The van der Waals surface area contributed by atoms with Crippen molar-refractivity contribution >= 4 is 27.7 Å². The van der Waals surface area contributed by atoms with Gasteiger partial charge in [0.1, 0.15) is 6.61 Å². The van der Waals surface area contributed by atoms with Crippen molar-refractivity contribution in [2.45, 2.75) is 32.1 Å². The van der Waals surface area contributed by atoms with E-state index in [1.807, 2.05) is 6.92 Å². The predicted molar refractivity (Wildman–Crippen MR) is 113 cm³/mol. The molecule has 0 radical (unpaired) electrons. The summed E-state index contributed by atoms with van der Waals surface area (Å²) in [6.45, 7) is 5.52. The topological polar surface area (TPSA) is 73.9 Å². The fourth-order valence-electron chi connectivity index (χ4n) is 3.87. The lowest BCUT2D eigenvalue weighted by Gasteiger charge is -2.34. The Morgan fingerprint density at radius 3 is 2.62 bits per heavy atom. The zero-order valence-electron chi connectivity index (χ0n) is 16.8. The number of rotatable bonds is 6. The molecule has 1 atom stereocenters. The highest BCUT2D eigenvalue weighted by molar-refractivity contribution is 9.10. The molecule has 1 aromatic carbocycles. The molecule has 1 aliphatic heterocycles. The summed E-state index contributed by atoms with van der Waals surface area (Å²) < 4.78 is 16.9. The molecule has 0 bridgehead atoms. The van der Waals surface area contributed by atoms with Gasteiger partial charge in [-0.25, -0.2) is 4.79 Å². The van der Waals surface area contributed by atoms with Crippen LogP contribution in [0, 0.1) is 0 Å². The molecule has 0 saturated heterocycles. The molecule has 154 valence electrons. The van der Waals surface area contributed by atoms with E-state index in [0.29, 0.717) is 39.2 Å². The molecule has 1 N–H and O–H groups in total. The number of methoxy groups -OCH3 is 2. The predicted octanol–water partition coefficient (Wildman–Crippen LogP) is 4.16. The standard InChI is InChI=1S/C22H24BrNO5/c1-5-9-29-22(26)19-12(2)24-15-7-6-8-16(25)21(15)20(19)13-10-17(27-3)18(28-4)11-14(13)23/h5,10-11,20,24H,1,6-9H2,2-4H3/t20-/m0/s1. The first-order valence-corrected chi connectivity index (χ1v) is 10.2. The van der Waals surface area contributed by atoms with Gasteiger partial charge in [0, 0.05) is 33.8 Å². The van der Waals surface area contributed by atoms with Crippen LogP contribution < -0.4 is 14.8 Å². The van der Waals surface area contributed by atoms with Crippen LogP contribution in [-0.4, -0.2) is 32.6 Å². The highest BCUT2D eigenvalue weighted by Gasteiger charge is 2.40. The van der Waals surface area contributed by atoms with Gasteiger partial charge in [0.15, 0.2) is 17.3 Å². The smallest absolute Gasteiger partial charge is 0.337 e. The average Bonchev–Trinajstić information content (AvgIpc) is 2.71. The third-order valence-corrected chi connectivity index (χ3v) is 5.83. The fraction of sp³-hybridized carbons (Fsp3) is 0.364. The van der Waals surface area contributed by atoms with E-state index in [4.69, 9.17) is 14.2 Å². The van der Waals surface area contributed by atoms with E-state index in [-0.39, 0.29) is 12.4 Å². The van der Waals surface area contributed by atoms with Crippen LogP contribution in [-0.2, 0) is 14.3 Å². The molecule has 0 spiro atoms.